The van der Waals surface area contributed by atoms with E-state index in [1.807, 2.05) is 66.7 Å². The van der Waals surface area contributed by atoms with Gasteiger partial charge in [0.25, 0.3) is 5.92 Å². The number of fused-ring (bicyclic) bond motifs is 1. The predicted octanol–water partition coefficient (Wildman–Crippen LogP) is 8.06. The normalized spacial score (nSPS) is 14.5. The summed E-state index contributed by atoms with van der Waals surface area (Å²) >= 11 is 0. The van der Waals surface area contributed by atoms with E-state index < -0.39 is 24.2 Å². The lowest BCUT2D eigenvalue weighted by atomic mass is 9.95. The van der Waals surface area contributed by atoms with Gasteiger partial charge in [-0.15, -0.1) is 0 Å². The zero-order valence-electron chi connectivity index (χ0n) is 26.7. The number of aromatic nitrogens is 3. The second-order valence-electron chi connectivity index (χ2n) is 12.4. The molecular weight excluding hydrogens is 602 g/mol. The van der Waals surface area contributed by atoms with Gasteiger partial charge in [0.2, 0.25) is 11.8 Å². The Morgan fingerprint density at radius 3 is 2.19 bits per heavy atom. The van der Waals surface area contributed by atoms with Crippen LogP contribution in [0.3, 0.4) is 0 Å². The van der Waals surface area contributed by atoms with Gasteiger partial charge >= 0.3 is 6.09 Å². The molecule has 0 bridgehead atoms. The van der Waals surface area contributed by atoms with Gasteiger partial charge in [0.05, 0.1) is 17.6 Å². The first kappa shape index (κ1) is 31.7. The van der Waals surface area contributed by atoms with Crippen molar-refractivity contribution < 1.29 is 27.8 Å². The lowest BCUT2D eigenvalue weighted by molar-refractivity contribution is -0.0105. The van der Waals surface area contributed by atoms with Crippen molar-refractivity contribution in [2.24, 2.45) is 7.05 Å². The number of hydrogen-bond donors (Lipinski definition) is 0. The number of hydrogen-bond acceptors (Lipinski definition) is 6. The first-order chi connectivity index (χ1) is 22.5. The Balaban J connectivity index is 1.31. The molecule has 10 heteroatoms. The summed E-state index contributed by atoms with van der Waals surface area (Å²) in [6, 6.07) is 28.3. The zero-order valence-corrected chi connectivity index (χ0v) is 26.7. The second kappa shape index (κ2) is 12.9. The van der Waals surface area contributed by atoms with Crippen molar-refractivity contribution in [1.29, 1.82) is 0 Å². The Labute approximate surface area is 272 Å². The van der Waals surface area contributed by atoms with E-state index in [-0.39, 0.29) is 18.7 Å². The summed E-state index contributed by atoms with van der Waals surface area (Å²) in [4.78, 5) is 18.2. The third kappa shape index (κ3) is 7.27. The highest BCUT2D eigenvalue weighted by atomic mass is 19.3. The molecule has 0 saturated carbocycles. The number of carbonyl (C=O) groups is 1. The summed E-state index contributed by atoms with van der Waals surface area (Å²) in [7, 11) is 1.77. The molecule has 47 heavy (non-hydrogen) atoms. The first-order valence-electron chi connectivity index (χ1n) is 15.4. The Bertz CT molecular complexity index is 1920. The van der Waals surface area contributed by atoms with Crippen LogP contribution in [0.15, 0.2) is 97.1 Å². The molecule has 1 aliphatic rings. The minimum absolute atomic E-state index is 0.0149. The Morgan fingerprint density at radius 1 is 0.894 bits per heavy atom. The second-order valence-corrected chi connectivity index (χ2v) is 12.4. The SMILES string of the molecule is Cn1nc(-c2ccc(OCc3ccccc3)nc2OCc2ccccc2)c2ccc(C3=CCN(C(=O)OC(C)(C)C)CC3(F)F)cc21. The summed E-state index contributed by atoms with van der Waals surface area (Å²) < 4.78 is 50.2. The lowest BCUT2D eigenvalue weighted by Gasteiger charge is -2.34. The van der Waals surface area contributed by atoms with Crippen LogP contribution < -0.4 is 9.47 Å². The summed E-state index contributed by atoms with van der Waals surface area (Å²) in [5.74, 6) is -2.54. The molecule has 1 aliphatic heterocycles. The van der Waals surface area contributed by atoms with Crippen LogP contribution in [0.1, 0.15) is 37.5 Å². The van der Waals surface area contributed by atoms with Crippen molar-refractivity contribution >= 4 is 22.6 Å². The highest BCUT2D eigenvalue weighted by molar-refractivity contribution is 5.96. The maximum absolute atomic E-state index is 15.5. The number of amides is 1. The maximum atomic E-state index is 15.5. The van der Waals surface area contributed by atoms with Crippen molar-refractivity contribution in [2.45, 2.75) is 45.5 Å². The molecule has 3 heterocycles. The molecule has 3 aromatic carbocycles. The van der Waals surface area contributed by atoms with Crippen molar-refractivity contribution in [2.75, 3.05) is 13.1 Å². The molecule has 0 N–H and O–H groups in total. The van der Waals surface area contributed by atoms with Gasteiger partial charge in [-0.1, -0.05) is 72.8 Å². The molecule has 0 fully saturated rings. The van der Waals surface area contributed by atoms with E-state index in [4.69, 9.17) is 24.3 Å². The number of benzene rings is 3. The van der Waals surface area contributed by atoms with E-state index >= 15 is 8.78 Å². The smallest absolute Gasteiger partial charge is 0.410 e. The van der Waals surface area contributed by atoms with Crippen LogP contribution in [0.4, 0.5) is 13.6 Å². The van der Waals surface area contributed by atoms with Gasteiger partial charge in [-0.3, -0.25) is 9.58 Å². The van der Waals surface area contributed by atoms with E-state index in [0.29, 0.717) is 40.7 Å². The fraction of sp³-hybridized carbons (Fsp3) is 0.270. The molecule has 242 valence electrons. The highest BCUT2D eigenvalue weighted by Gasteiger charge is 2.42. The van der Waals surface area contributed by atoms with E-state index in [1.165, 1.54) is 6.08 Å². The molecule has 0 aliphatic carbocycles. The number of ether oxygens (including phenoxy) is 3. The molecule has 0 unspecified atom stereocenters. The van der Waals surface area contributed by atoms with E-state index in [9.17, 15) is 4.79 Å². The van der Waals surface area contributed by atoms with Gasteiger partial charge in [-0.05, 0) is 55.7 Å². The fourth-order valence-corrected chi connectivity index (χ4v) is 5.41. The van der Waals surface area contributed by atoms with Crippen molar-refractivity contribution in [1.82, 2.24) is 19.7 Å². The van der Waals surface area contributed by atoms with Crippen LogP contribution in [0.2, 0.25) is 0 Å². The summed E-state index contributed by atoms with van der Waals surface area (Å²) in [6.45, 7) is 4.98. The van der Waals surface area contributed by atoms with Crippen molar-refractivity contribution in [3.63, 3.8) is 0 Å². The van der Waals surface area contributed by atoms with Gasteiger partial charge in [0.1, 0.15) is 24.5 Å². The molecule has 0 radical (unpaired) electrons. The maximum Gasteiger partial charge on any atom is 0.410 e. The van der Waals surface area contributed by atoms with Gasteiger partial charge in [0.15, 0.2) is 0 Å². The van der Waals surface area contributed by atoms with Crippen LogP contribution in [0.5, 0.6) is 11.8 Å². The molecule has 1 amide bonds. The standard InChI is InChI=1S/C37H36F2N4O4/c1-36(2,3)47-35(44)43-20-19-30(37(38,39)24-43)27-15-16-28-31(21-27)42(4)41-33(28)29-17-18-32(45-22-25-11-7-5-8-12-25)40-34(29)46-23-26-13-9-6-10-14-26/h5-19,21H,20,22-24H2,1-4H3. The monoisotopic (exact) mass is 638 g/mol. The van der Waals surface area contributed by atoms with E-state index in [2.05, 4.69) is 0 Å². The lowest BCUT2D eigenvalue weighted by Crippen LogP contribution is -2.46. The average molecular weight is 639 g/mol. The van der Waals surface area contributed by atoms with Crippen LogP contribution in [0.25, 0.3) is 27.7 Å². The Kier molecular flexibility index (Phi) is 8.68. The number of rotatable bonds is 8. The first-order valence-corrected chi connectivity index (χ1v) is 15.4. The van der Waals surface area contributed by atoms with Gasteiger partial charge in [0, 0.05) is 30.6 Å². The minimum Gasteiger partial charge on any atom is -0.473 e. The fourth-order valence-electron chi connectivity index (χ4n) is 5.41. The number of alkyl halides is 2. The topological polar surface area (TPSA) is 78.7 Å². The van der Waals surface area contributed by atoms with Crippen LogP contribution in [0, 0.1) is 0 Å². The molecule has 0 saturated heterocycles. The van der Waals surface area contributed by atoms with Crippen LogP contribution in [-0.2, 0) is 25.0 Å². The van der Waals surface area contributed by atoms with Crippen LogP contribution >= 0.6 is 0 Å². The number of aryl methyl sites for hydroxylation is 1. The number of carbonyl (C=O) groups excluding carboxylic acids is 1. The zero-order chi connectivity index (χ0) is 33.2. The Hall–Kier alpha value is -5.25. The number of nitrogens with zero attached hydrogens (tertiary/aromatic N) is 4. The molecule has 0 spiro atoms. The minimum atomic E-state index is -3.28. The molecule has 0 atom stereocenters. The summed E-state index contributed by atoms with van der Waals surface area (Å²) in [5.41, 5.74) is 3.30. The van der Waals surface area contributed by atoms with Gasteiger partial charge < -0.3 is 14.2 Å². The molecular formula is C37H36F2N4O4. The van der Waals surface area contributed by atoms with Gasteiger partial charge in [-0.25, -0.2) is 4.79 Å². The molecule has 6 rings (SSSR count). The highest BCUT2D eigenvalue weighted by Crippen LogP contribution is 2.40. The quantitative estimate of drug-likeness (QED) is 0.171. The van der Waals surface area contributed by atoms with Crippen molar-refractivity contribution in [3.8, 4) is 23.0 Å². The molecule has 8 nitrogen and oxygen atoms in total. The predicted molar refractivity (Wildman–Crippen MR) is 176 cm³/mol. The third-order valence-electron chi connectivity index (χ3n) is 7.65. The summed E-state index contributed by atoms with van der Waals surface area (Å²) in [5, 5.41) is 5.52. The van der Waals surface area contributed by atoms with Gasteiger partial charge in [-0.2, -0.15) is 18.9 Å². The Morgan fingerprint density at radius 2 is 1.55 bits per heavy atom. The number of pyridine rings is 1. The molecule has 2 aromatic heterocycles. The third-order valence-corrected chi connectivity index (χ3v) is 7.65. The van der Waals surface area contributed by atoms with Crippen LogP contribution in [-0.4, -0.2) is 50.4 Å². The van der Waals surface area contributed by atoms with E-state index in [0.717, 1.165) is 21.4 Å². The largest absolute Gasteiger partial charge is 0.473 e. The van der Waals surface area contributed by atoms with E-state index in [1.54, 1.807) is 56.8 Å². The summed E-state index contributed by atoms with van der Waals surface area (Å²) in [6.07, 6.45) is 0.619. The number of halogens is 2. The average Bonchev–Trinajstić information content (AvgIpc) is 3.37. The molecule has 5 aromatic rings. The van der Waals surface area contributed by atoms with Crippen molar-refractivity contribution in [3.05, 3.63) is 114 Å².